The van der Waals surface area contributed by atoms with Gasteiger partial charge in [-0.1, -0.05) is 17.7 Å². The van der Waals surface area contributed by atoms with E-state index in [2.05, 4.69) is 0 Å². The first-order chi connectivity index (χ1) is 8.05. The molecule has 0 aromatic heterocycles. The summed E-state index contributed by atoms with van der Waals surface area (Å²) in [5, 5.41) is 9.52. The molecule has 0 saturated carbocycles. The molecule has 0 spiro atoms. The minimum absolute atomic E-state index is 0.0633. The number of carboxylic acids is 1. The fourth-order valence-corrected chi connectivity index (χ4v) is 2.26. The van der Waals surface area contributed by atoms with Crippen molar-refractivity contribution >= 4 is 17.6 Å². The Kier molecular flexibility index (Phi) is 3.35. The van der Waals surface area contributed by atoms with Gasteiger partial charge in [0.15, 0.2) is 0 Å². The summed E-state index contributed by atoms with van der Waals surface area (Å²) in [4.78, 5) is 11.3. The molecule has 1 aliphatic heterocycles. The van der Waals surface area contributed by atoms with Crippen LogP contribution in [0.25, 0.3) is 0 Å². The molecule has 0 radical (unpaired) electrons. The van der Waals surface area contributed by atoms with Crippen molar-refractivity contribution in [3.05, 3.63) is 34.6 Å². The number of carbonyl (C=O) groups is 1. The van der Waals surface area contributed by atoms with Gasteiger partial charge < -0.3 is 9.84 Å². The average Bonchev–Trinajstić information content (AvgIpc) is 2.73. The number of hydrogen-bond acceptors (Lipinski definition) is 2. The van der Waals surface area contributed by atoms with Crippen molar-refractivity contribution < 1.29 is 19.0 Å². The Labute approximate surface area is 103 Å². The summed E-state index contributed by atoms with van der Waals surface area (Å²) in [5.74, 6) is -1.43. The molecule has 1 unspecified atom stereocenters. The summed E-state index contributed by atoms with van der Waals surface area (Å²) in [7, 11) is 0. The number of ether oxygens (including phenoxy) is 1. The van der Waals surface area contributed by atoms with E-state index >= 15 is 0 Å². The normalized spacial score (nSPS) is 23.9. The SMILES string of the molecule is O=C(O)C1(Cc2c(F)cccc2Cl)CCOC1. The van der Waals surface area contributed by atoms with Gasteiger partial charge in [-0.2, -0.15) is 0 Å². The van der Waals surface area contributed by atoms with Crippen LogP contribution in [0.15, 0.2) is 18.2 Å². The first-order valence-corrected chi connectivity index (χ1v) is 5.67. The number of aliphatic carboxylic acids is 1. The molecule has 1 fully saturated rings. The minimum Gasteiger partial charge on any atom is -0.481 e. The number of benzene rings is 1. The van der Waals surface area contributed by atoms with E-state index in [-0.39, 0.29) is 23.6 Å². The summed E-state index contributed by atoms with van der Waals surface area (Å²) in [6.07, 6.45) is 0.445. The molecule has 1 aliphatic rings. The van der Waals surface area contributed by atoms with Gasteiger partial charge in [-0.15, -0.1) is 0 Å². The second kappa shape index (κ2) is 4.63. The Balaban J connectivity index is 2.33. The quantitative estimate of drug-likeness (QED) is 0.906. The van der Waals surface area contributed by atoms with Crippen molar-refractivity contribution in [3.8, 4) is 0 Å². The number of rotatable bonds is 3. The minimum atomic E-state index is -1.05. The van der Waals surface area contributed by atoms with Crippen LogP contribution in [0.3, 0.4) is 0 Å². The molecular weight excluding hydrogens is 247 g/mol. The second-order valence-electron chi connectivity index (χ2n) is 4.27. The maximum absolute atomic E-state index is 13.6. The van der Waals surface area contributed by atoms with Crippen molar-refractivity contribution in [1.82, 2.24) is 0 Å². The lowest BCUT2D eigenvalue weighted by molar-refractivity contribution is -0.148. The highest BCUT2D eigenvalue weighted by molar-refractivity contribution is 6.31. The summed E-state index contributed by atoms with van der Waals surface area (Å²) in [6, 6.07) is 4.34. The molecular formula is C12H12ClFO3. The zero-order chi connectivity index (χ0) is 12.5. The molecule has 1 N–H and O–H groups in total. The molecule has 1 heterocycles. The second-order valence-corrected chi connectivity index (χ2v) is 4.67. The third-order valence-electron chi connectivity index (χ3n) is 3.13. The summed E-state index contributed by atoms with van der Waals surface area (Å²) in [5.41, 5.74) is -0.798. The van der Waals surface area contributed by atoms with E-state index in [0.29, 0.717) is 13.0 Å². The number of carboxylic acid groups (broad SMARTS) is 1. The van der Waals surface area contributed by atoms with E-state index in [1.807, 2.05) is 0 Å². The van der Waals surface area contributed by atoms with E-state index < -0.39 is 17.2 Å². The van der Waals surface area contributed by atoms with Crippen molar-refractivity contribution in [2.75, 3.05) is 13.2 Å². The van der Waals surface area contributed by atoms with Crippen molar-refractivity contribution in [1.29, 1.82) is 0 Å². The number of halogens is 2. The van der Waals surface area contributed by atoms with Crippen LogP contribution in [0.4, 0.5) is 4.39 Å². The molecule has 0 aliphatic carbocycles. The topological polar surface area (TPSA) is 46.5 Å². The standard InChI is InChI=1S/C12H12ClFO3/c13-9-2-1-3-10(14)8(9)6-12(11(15)16)4-5-17-7-12/h1-3H,4-7H2,(H,15,16). The first kappa shape index (κ1) is 12.3. The first-order valence-electron chi connectivity index (χ1n) is 5.29. The molecule has 0 bridgehead atoms. The molecule has 5 heteroatoms. The maximum Gasteiger partial charge on any atom is 0.312 e. The molecule has 3 nitrogen and oxygen atoms in total. The zero-order valence-electron chi connectivity index (χ0n) is 9.08. The molecule has 0 amide bonds. The fraction of sp³-hybridized carbons (Fsp3) is 0.417. The van der Waals surface area contributed by atoms with Gasteiger partial charge in [0.25, 0.3) is 0 Å². The molecule has 1 aromatic carbocycles. The van der Waals surface area contributed by atoms with Crippen LogP contribution in [0.1, 0.15) is 12.0 Å². The van der Waals surface area contributed by atoms with Gasteiger partial charge in [0.1, 0.15) is 5.82 Å². The molecule has 1 aromatic rings. The van der Waals surface area contributed by atoms with E-state index in [1.165, 1.54) is 12.1 Å². The molecule has 1 saturated heterocycles. The Morgan fingerprint density at radius 1 is 1.59 bits per heavy atom. The van der Waals surface area contributed by atoms with Gasteiger partial charge in [0.2, 0.25) is 0 Å². The highest BCUT2D eigenvalue weighted by Gasteiger charge is 2.43. The predicted octanol–water partition coefficient (Wildman–Crippen LogP) is 2.51. The predicted molar refractivity (Wildman–Crippen MR) is 60.6 cm³/mol. The molecule has 1 atom stereocenters. The average molecular weight is 259 g/mol. The summed E-state index contributed by atoms with van der Waals surface area (Å²) in [6.45, 7) is 0.491. The van der Waals surface area contributed by atoms with Crippen LogP contribution in [0.5, 0.6) is 0 Å². The van der Waals surface area contributed by atoms with Crippen LogP contribution < -0.4 is 0 Å². The zero-order valence-corrected chi connectivity index (χ0v) is 9.84. The van der Waals surface area contributed by atoms with E-state index in [1.54, 1.807) is 6.07 Å². The highest BCUT2D eigenvalue weighted by Crippen LogP contribution is 2.35. The largest absolute Gasteiger partial charge is 0.481 e. The maximum atomic E-state index is 13.6. The third-order valence-corrected chi connectivity index (χ3v) is 3.49. The highest BCUT2D eigenvalue weighted by atomic mass is 35.5. The lowest BCUT2D eigenvalue weighted by atomic mass is 9.81. The van der Waals surface area contributed by atoms with Gasteiger partial charge in [0.05, 0.1) is 12.0 Å². The van der Waals surface area contributed by atoms with Gasteiger partial charge in [-0.3, -0.25) is 4.79 Å². The summed E-state index contributed by atoms with van der Waals surface area (Å²) >= 11 is 5.90. The Bertz CT molecular complexity index is 421. The van der Waals surface area contributed by atoms with Gasteiger partial charge in [-0.25, -0.2) is 4.39 Å². The molecule has 92 valence electrons. The van der Waals surface area contributed by atoms with Crippen LogP contribution in [-0.2, 0) is 16.0 Å². The lowest BCUT2D eigenvalue weighted by Crippen LogP contribution is -2.34. The van der Waals surface area contributed by atoms with E-state index in [0.717, 1.165) is 0 Å². The van der Waals surface area contributed by atoms with E-state index in [9.17, 15) is 14.3 Å². The van der Waals surface area contributed by atoms with Crippen LogP contribution in [0, 0.1) is 11.2 Å². The summed E-state index contributed by atoms with van der Waals surface area (Å²) < 4.78 is 18.7. The smallest absolute Gasteiger partial charge is 0.312 e. The lowest BCUT2D eigenvalue weighted by Gasteiger charge is -2.22. The molecule has 2 rings (SSSR count). The van der Waals surface area contributed by atoms with Gasteiger partial charge in [-0.05, 0) is 25.0 Å². The monoisotopic (exact) mass is 258 g/mol. The number of hydrogen-bond donors (Lipinski definition) is 1. The van der Waals surface area contributed by atoms with Crippen LogP contribution in [0.2, 0.25) is 5.02 Å². The van der Waals surface area contributed by atoms with E-state index in [4.69, 9.17) is 16.3 Å². The molecule has 17 heavy (non-hydrogen) atoms. The Morgan fingerprint density at radius 2 is 2.35 bits per heavy atom. The third kappa shape index (κ3) is 2.28. The van der Waals surface area contributed by atoms with Crippen LogP contribution >= 0.6 is 11.6 Å². The van der Waals surface area contributed by atoms with Crippen molar-refractivity contribution in [2.45, 2.75) is 12.8 Å². The van der Waals surface area contributed by atoms with Crippen LogP contribution in [-0.4, -0.2) is 24.3 Å². The fourth-order valence-electron chi connectivity index (χ4n) is 2.03. The Hall–Kier alpha value is -1.13. The van der Waals surface area contributed by atoms with Crippen molar-refractivity contribution in [3.63, 3.8) is 0 Å². The van der Waals surface area contributed by atoms with Gasteiger partial charge >= 0.3 is 5.97 Å². The van der Waals surface area contributed by atoms with Crippen molar-refractivity contribution in [2.24, 2.45) is 5.41 Å². The Morgan fingerprint density at radius 3 is 2.88 bits per heavy atom. The van der Waals surface area contributed by atoms with Gasteiger partial charge in [0, 0.05) is 17.2 Å².